The number of aromatic nitrogens is 3. The van der Waals surface area contributed by atoms with Crippen molar-refractivity contribution in [3.63, 3.8) is 0 Å². The quantitative estimate of drug-likeness (QED) is 0.514. The van der Waals surface area contributed by atoms with Gasteiger partial charge in [0.15, 0.2) is 11.0 Å². The molecule has 2 heterocycles. The molecule has 2 aromatic carbocycles. The lowest BCUT2D eigenvalue weighted by molar-refractivity contribution is -0.119. The first kappa shape index (κ1) is 21.7. The molecule has 0 unspecified atom stereocenters. The van der Waals surface area contributed by atoms with Gasteiger partial charge in [-0.3, -0.25) is 9.36 Å². The van der Waals surface area contributed by atoms with Gasteiger partial charge in [-0.1, -0.05) is 23.4 Å². The molecule has 31 heavy (non-hydrogen) atoms. The summed E-state index contributed by atoms with van der Waals surface area (Å²) in [6.45, 7) is 1.31. The highest BCUT2D eigenvalue weighted by Gasteiger charge is 2.19. The maximum absolute atomic E-state index is 12.3. The Labute approximate surface area is 190 Å². The van der Waals surface area contributed by atoms with Crippen molar-refractivity contribution in [1.82, 2.24) is 20.1 Å². The van der Waals surface area contributed by atoms with Crippen LogP contribution in [0.3, 0.4) is 0 Å². The normalized spacial score (nSPS) is 15.7. The molecule has 1 N–H and O–H groups in total. The number of methoxy groups -OCH3 is 1. The van der Waals surface area contributed by atoms with Gasteiger partial charge < -0.3 is 14.8 Å². The van der Waals surface area contributed by atoms with Crippen LogP contribution in [0.2, 0.25) is 5.02 Å². The Morgan fingerprint density at radius 2 is 2.00 bits per heavy atom. The summed E-state index contributed by atoms with van der Waals surface area (Å²) in [4.78, 5) is 12.3. The Kier molecular flexibility index (Phi) is 7.11. The maximum Gasteiger partial charge on any atom is 0.230 e. The van der Waals surface area contributed by atoms with Crippen molar-refractivity contribution in [3.05, 3.63) is 53.6 Å². The van der Waals surface area contributed by atoms with Crippen molar-refractivity contribution >= 4 is 29.3 Å². The monoisotopic (exact) mass is 458 g/mol. The van der Waals surface area contributed by atoms with Crippen LogP contribution in [0, 0.1) is 0 Å². The first-order valence-corrected chi connectivity index (χ1v) is 11.4. The van der Waals surface area contributed by atoms with Crippen LogP contribution in [0.25, 0.3) is 17.1 Å². The lowest BCUT2D eigenvalue weighted by Gasteiger charge is -2.12. The number of hydrogen-bond donors (Lipinski definition) is 1. The first-order chi connectivity index (χ1) is 15.1. The van der Waals surface area contributed by atoms with E-state index in [1.54, 1.807) is 7.11 Å². The van der Waals surface area contributed by atoms with Crippen molar-refractivity contribution in [2.24, 2.45) is 0 Å². The Bertz CT molecular complexity index is 1020. The number of carbonyl (C=O) groups excluding carboxylic acids is 1. The van der Waals surface area contributed by atoms with Crippen LogP contribution in [0.4, 0.5) is 0 Å². The third kappa shape index (κ3) is 5.39. The molecule has 7 nitrogen and oxygen atoms in total. The number of amides is 1. The van der Waals surface area contributed by atoms with Gasteiger partial charge in [-0.05, 0) is 61.4 Å². The molecule has 0 saturated carbocycles. The average Bonchev–Trinajstić information content (AvgIpc) is 3.47. The number of benzene rings is 2. The molecule has 1 saturated heterocycles. The van der Waals surface area contributed by atoms with Gasteiger partial charge in [0.2, 0.25) is 5.91 Å². The van der Waals surface area contributed by atoms with Gasteiger partial charge >= 0.3 is 0 Å². The van der Waals surface area contributed by atoms with Crippen LogP contribution in [-0.2, 0) is 9.53 Å². The predicted molar refractivity (Wildman–Crippen MR) is 121 cm³/mol. The topological polar surface area (TPSA) is 78.3 Å². The molecule has 0 spiro atoms. The molecule has 1 amide bonds. The zero-order valence-electron chi connectivity index (χ0n) is 17.1. The number of halogens is 1. The van der Waals surface area contributed by atoms with Crippen LogP contribution >= 0.6 is 23.4 Å². The van der Waals surface area contributed by atoms with Gasteiger partial charge in [0.05, 0.1) is 19.0 Å². The van der Waals surface area contributed by atoms with Gasteiger partial charge in [-0.15, -0.1) is 10.2 Å². The van der Waals surface area contributed by atoms with Gasteiger partial charge in [0.25, 0.3) is 0 Å². The van der Waals surface area contributed by atoms with Crippen LogP contribution in [0.15, 0.2) is 53.7 Å². The molecule has 1 aliphatic heterocycles. The fraction of sp³-hybridized carbons (Fsp3) is 0.318. The van der Waals surface area contributed by atoms with Crippen LogP contribution in [-0.4, -0.2) is 52.8 Å². The molecular weight excluding hydrogens is 436 g/mol. The number of rotatable bonds is 8. The van der Waals surface area contributed by atoms with E-state index in [1.165, 1.54) is 11.8 Å². The highest BCUT2D eigenvalue weighted by molar-refractivity contribution is 7.99. The zero-order valence-corrected chi connectivity index (χ0v) is 18.7. The van der Waals surface area contributed by atoms with Crippen molar-refractivity contribution in [2.75, 3.05) is 26.0 Å². The van der Waals surface area contributed by atoms with Crippen molar-refractivity contribution in [3.8, 4) is 22.8 Å². The summed E-state index contributed by atoms with van der Waals surface area (Å²) in [5.41, 5.74) is 1.75. The maximum atomic E-state index is 12.3. The molecule has 4 rings (SSSR count). The molecule has 3 aromatic rings. The van der Waals surface area contributed by atoms with Crippen LogP contribution < -0.4 is 10.1 Å². The molecule has 1 aliphatic rings. The molecule has 1 aromatic heterocycles. The Balaban J connectivity index is 1.54. The van der Waals surface area contributed by atoms with Gasteiger partial charge in [-0.25, -0.2) is 0 Å². The predicted octanol–water partition coefficient (Wildman–Crippen LogP) is 3.98. The lowest BCUT2D eigenvalue weighted by atomic mass is 10.2. The second kappa shape index (κ2) is 10.2. The van der Waals surface area contributed by atoms with E-state index in [-0.39, 0.29) is 17.8 Å². The lowest BCUT2D eigenvalue weighted by Crippen LogP contribution is -2.32. The molecule has 0 bridgehead atoms. The highest BCUT2D eigenvalue weighted by atomic mass is 35.5. The summed E-state index contributed by atoms with van der Waals surface area (Å²) in [6, 6.07) is 15.1. The van der Waals surface area contributed by atoms with Gasteiger partial charge in [0.1, 0.15) is 5.75 Å². The third-order valence-corrected chi connectivity index (χ3v) is 6.13. The molecule has 1 fully saturated rings. The van der Waals surface area contributed by atoms with E-state index in [9.17, 15) is 4.79 Å². The van der Waals surface area contributed by atoms with Crippen molar-refractivity contribution in [2.45, 2.75) is 24.1 Å². The third-order valence-electron chi connectivity index (χ3n) is 4.95. The number of thioether (sulfide) groups is 1. The van der Waals surface area contributed by atoms with Gasteiger partial charge in [0, 0.05) is 29.4 Å². The summed E-state index contributed by atoms with van der Waals surface area (Å²) in [7, 11) is 1.63. The SMILES string of the molecule is COc1ccc(-n2c(SCC(=O)NC[C@H]3CCCO3)nnc2-c2ccc(Cl)cc2)cc1. The molecule has 9 heteroatoms. The molecule has 162 valence electrons. The van der Waals surface area contributed by atoms with E-state index in [2.05, 4.69) is 15.5 Å². The van der Waals surface area contributed by atoms with Crippen molar-refractivity contribution in [1.29, 1.82) is 0 Å². The minimum atomic E-state index is -0.0576. The van der Waals surface area contributed by atoms with E-state index in [0.717, 1.165) is 36.4 Å². The molecule has 0 aliphatic carbocycles. The number of ether oxygens (including phenoxy) is 2. The zero-order chi connectivity index (χ0) is 21.6. The fourth-order valence-electron chi connectivity index (χ4n) is 3.33. The smallest absolute Gasteiger partial charge is 0.230 e. The highest BCUT2D eigenvalue weighted by Crippen LogP contribution is 2.29. The Hall–Kier alpha value is -2.55. The Morgan fingerprint density at radius 1 is 1.23 bits per heavy atom. The average molecular weight is 459 g/mol. The number of nitrogens with zero attached hydrogens (tertiary/aromatic N) is 3. The summed E-state index contributed by atoms with van der Waals surface area (Å²) in [5, 5.41) is 13.0. The first-order valence-electron chi connectivity index (χ1n) is 10.0. The summed E-state index contributed by atoms with van der Waals surface area (Å²) in [5.74, 6) is 1.61. The number of hydrogen-bond acceptors (Lipinski definition) is 6. The second-order valence-electron chi connectivity index (χ2n) is 7.07. The fourth-order valence-corrected chi connectivity index (χ4v) is 4.24. The van der Waals surface area contributed by atoms with E-state index >= 15 is 0 Å². The number of carbonyl (C=O) groups is 1. The van der Waals surface area contributed by atoms with E-state index < -0.39 is 0 Å². The summed E-state index contributed by atoms with van der Waals surface area (Å²) < 4.78 is 12.8. The van der Waals surface area contributed by atoms with Gasteiger partial charge in [-0.2, -0.15) is 0 Å². The van der Waals surface area contributed by atoms with E-state index in [1.807, 2.05) is 53.1 Å². The largest absolute Gasteiger partial charge is 0.497 e. The summed E-state index contributed by atoms with van der Waals surface area (Å²) in [6.07, 6.45) is 2.16. The Morgan fingerprint density at radius 3 is 2.68 bits per heavy atom. The van der Waals surface area contributed by atoms with E-state index in [0.29, 0.717) is 22.5 Å². The minimum Gasteiger partial charge on any atom is -0.497 e. The second-order valence-corrected chi connectivity index (χ2v) is 8.45. The van der Waals surface area contributed by atoms with Crippen LogP contribution in [0.5, 0.6) is 5.75 Å². The minimum absolute atomic E-state index is 0.0576. The summed E-state index contributed by atoms with van der Waals surface area (Å²) >= 11 is 7.38. The molecule has 0 radical (unpaired) electrons. The molecule has 1 atom stereocenters. The standard InChI is InChI=1S/C22H23ClN4O3S/c1-29-18-10-8-17(9-11-18)27-21(15-4-6-16(23)7-5-15)25-26-22(27)31-14-20(28)24-13-19-3-2-12-30-19/h4-11,19H,2-3,12-14H2,1H3,(H,24,28)/t19-/m1/s1. The van der Waals surface area contributed by atoms with Crippen LogP contribution in [0.1, 0.15) is 12.8 Å². The van der Waals surface area contributed by atoms with E-state index in [4.69, 9.17) is 21.1 Å². The molecular formula is C22H23ClN4O3S. The van der Waals surface area contributed by atoms with Crippen molar-refractivity contribution < 1.29 is 14.3 Å². The number of nitrogens with one attached hydrogen (secondary N) is 1.